The topological polar surface area (TPSA) is 117 Å². The summed E-state index contributed by atoms with van der Waals surface area (Å²) in [5.41, 5.74) is 0.930. The van der Waals surface area contributed by atoms with Gasteiger partial charge >= 0.3 is 0 Å². The van der Waals surface area contributed by atoms with Crippen LogP contribution in [0.2, 0.25) is 0 Å². The van der Waals surface area contributed by atoms with E-state index in [-0.39, 0.29) is 6.10 Å². The van der Waals surface area contributed by atoms with Crippen LogP contribution in [0.15, 0.2) is 24.7 Å². The molecule has 0 aliphatic carbocycles. The van der Waals surface area contributed by atoms with E-state index in [1.807, 2.05) is 6.20 Å². The zero-order valence-electron chi connectivity index (χ0n) is 19.2. The number of morpholine rings is 1. The highest BCUT2D eigenvalue weighted by atomic mass is 32.2. The molecule has 1 atom stereocenters. The summed E-state index contributed by atoms with van der Waals surface area (Å²) >= 11 is 1.67. The van der Waals surface area contributed by atoms with E-state index in [1.165, 1.54) is 11.1 Å². The molecule has 182 valence electrons. The maximum atomic E-state index is 11.7. The van der Waals surface area contributed by atoms with Crippen molar-refractivity contribution in [3.05, 3.63) is 35.1 Å². The first-order chi connectivity index (χ1) is 16.4. The molecule has 3 aromatic rings. The van der Waals surface area contributed by atoms with Gasteiger partial charge in [-0.1, -0.05) is 0 Å². The summed E-state index contributed by atoms with van der Waals surface area (Å²) in [4.78, 5) is 24.6. The second-order valence-electron chi connectivity index (χ2n) is 8.48. The normalized spacial score (nSPS) is 20.6. The molecule has 2 aliphatic rings. The van der Waals surface area contributed by atoms with Gasteiger partial charge in [-0.2, -0.15) is 4.31 Å². The third kappa shape index (κ3) is 5.13. The van der Waals surface area contributed by atoms with Crippen molar-refractivity contribution in [2.75, 3.05) is 69.4 Å². The molecule has 0 amide bonds. The van der Waals surface area contributed by atoms with Crippen LogP contribution in [0.5, 0.6) is 0 Å². The van der Waals surface area contributed by atoms with Crippen LogP contribution in [-0.2, 0) is 21.3 Å². The number of rotatable bonds is 6. The van der Waals surface area contributed by atoms with E-state index in [1.54, 1.807) is 35.1 Å². The molecule has 0 bridgehead atoms. The molecule has 0 radical (unpaired) electrons. The van der Waals surface area contributed by atoms with Gasteiger partial charge in [0.2, 0.25) is 21.9 Å². The first-order valence-electron chi connectivity index (χ1n) is 11.2. The van der Waals surface area contributed by atoms with Crippen molar-refractivity contribution in [1.29, 1.82) is 0 Å². The molecule has 5 rings (SSSR count). The first-order valence-corrected chi connectivity index (χ1v) is 13.8. The Morgan fingerprint density at radius 3 is 2.59 bits per heavy atom. The molecule has 0 aromatic carbocycles. The molecule has 0 spiro atoms. The maximum Gasteiger partial charge on any atom is 0.226 e. The predicted molar refractivity (Wildman–Crippen MR) is 132 cm³/mol. The van der Waals surface area contributed by atoms with Crippen molar-refractivity contribution in [3.63, 3.8) is 0 Å². The summed E-state index contributed by atoms with van der Waals surface area (Å²) in [5, 5.41) is 3.95. The van der Waals surface area contributed by atoms with Gasteiger partial charge in [-0.05, 0) is 6.07 Å². The first kappa shape index (κ1) is 23.3. The number of piperazine rings is 1. The summed E-state index contributed by atoms with van der Waals surface area (Å²) < 4.78 is 31.0. The lowest BCUT2D eigenvalue weighted by Crippen LogP contribution is -2.47. The lowest BCUT2D eigenvalue weighted by atomic mass is 10.1. The van der Waals surface area contributed by atoms with Gasteiger partial charge in [-0.15, -0.1) is 11.3 Å². The van der Waals surface area contributed by atoms with Crippen LogP contribution >= 0.6 is 11.3 Å². The van der Waals surface area contributed by atoms with Gasteiger partial charge in [0.1, 0.15) is 10.9 Å². The lowest BCUT2D eigenvalue weighted by Gasteiger charge is -2.32. The molecule has 3 aromatic heterocycles. The number of hydrogen-bond donors (Lipinski definition) is 1. The monoisotopic (exact) mass is 504 g/mol. The van der Waals surface area contributed by atoms with Crippen LogP contribution in [0.1, 0.15) is 16.5 Å². The van der Waals surface area contributed by atoms with E-state index in [0.717, 1.165) is 42.0 Å². The van der Waals surface area contributed by atoms with E-state index in [2.05, 4.69) is 36.1 Å². The molecular formula is C21H28N8O3S2. The Kier molecular flexibility index (Phi) is 6.62. The summed E-state index contributed by atoms with van der Waals surface area (Å²) in [6.07, 6.45) is 6.60. The molecule has 1 unspecified atom stereocenters. The number of fused-ring (bicyclic) bond motifs is 1. The third-order valence-electron chi connectivity index (χ3n) is 6.11. The van der Waals surface area contributed by atoms with E-state index >= 15 is 0 Å². The van der Waals surface area contributed by atoms with E-state index < -0.39 is 10.0 Å². The van der Waals surface area contributed by atoms with Crippen molar-refractivity contribution in [3.8, 4) is 0 Å². The van der Waals surface area contributed by atoms with Gasteiger partial charge in [-0.3, -0.25) is 4.90 Å². The fourth-order valence-corrected chi connectivity index (χ4v) is 6.08. The fourth-order valence-electron chi connectivity index (χ4n) is 4.21. The Bertz CT molecular complexity index is 1240. The van der Waals surface area contributed by atoms with Gasteiger partial charge < -0.3 is 15.0 Å². The smallest absolute Gasteiger partial charge is 0.226 e. The van der Waals surface area contributed by atoms with Gasteiger partial charge in [0.25, 0.3) is 0 Å². The number of anilines is 2. The van der Waals surface area contributed by atoms with E-state index in [4.69, 9.17) is 9.72 Å². The quantitative estimate of drug-likeness (QED) is 0.524. The number of ether oxygens (including phenoxy) is 1. The summed E-state index contributed by atoms with van der Waals surface area (Å²) in [6, 6.07) is 2.13. The summed E-state index contributed by atoms with van der Waals surface area (Å²) in [5.74, 6) is 1.28. The Labute approximate surface area is 202 Å². The van der Waals surface area contributed by atoms with E-state index in [0.29, 0.717) is 38.1 Å². The zero-order chi connectivity index (χ0) is 23.7. The molecule has 5 heterocycles. The molecule has 2 fully saturated rings. The second kappa shape index (κ2) is 9.66. The molecule has 13 heteroatoms. The Hall–Kier alpha value is -2.45. The fraction of sp³-hybridized carbons (Fsp3) is 0.524. The lowest BCUT2D eigenvalue weighted by molar-refractivity contribution is 0.0388. The molecule has 11 nitrogen and oxygen atoms in total. The molecule has 2 aliphatic heterocycles. The standard InChI is InChI=1S/C21H28N8O3S2/c1-22-20-23-11-16(12-24-20)18-14-28(7-8-32-18)21-25-10-15-9-17(33-19(15)26-21)13-27-3-5-29(6-4-27)34(2,30)31/h9-12,18H,3-8,13-14H2,1-2H3,(H,22,23,24). The maximum absolute atomic E-state index is 11.7. The molecular weight excluding hydrogens is 476 g/mol. The number of hydrogen-bond acceptors (Lipinski definition) is 11. The largest absolute Gasteiger partial charge is 0.370 e. The molecule has 2 saturated heterocycles. The van der Waals surface area contributed by atoms with Crippen LogP contribution in [0.4, 0.5) is 11.9 Å². The van der Waals surface area contributed by atoms with E-state index in [9.17, 15) is 8.42 Å². The predicted octanol–water partition coefficient (Wildman–Crippen LogP) is 1.18. The second-order valence-corrected chi connectivity index (χ2v) is 11.6. The highest BCUT2D eigenvalue weighted by Crippen LogP contribution is 2.29. The average Bonchev–Trinajstić information content (AvgIpc) is 3.25. The number of nitrogens with one attached hydrogen (secondary N) is 1. The van der Waals surface area contributed by atoms with Crippen molar-refractivity contribution < 1.29 is 13.2 Å². The minimum absolute atomic E-state index is 0.136. The average molecular weight is 505 g/mol. The molecule has 0 saturated carbocycles. The van der Waals surface area contributed by atoms with Crippen molar-refractivity contribution >= 4 is 43.5 Å². The van der Waals surface area contributed by atoms with Crippen LogP contribution in [0.3, 0.4) is 0 Å². The molecule has 1 N–H and O–H groups in total. The van der Waals surface area contributed by atoms with Crippen LogP contribution < -0.4 is 10.2 Å². The van der Waals surface area contributed by atoms with Crippen molar-refractivity contribution in [2.45, 2.75) is 12.6 Å². The third-order valence-corrected chi connectivity index (χ3v) is 8.44. The molecule has 34 heavy (non-hydrogen) atoms. The van der Waals surface area contributed by atoms with Crippen LogP contribution in [0.25, 0.3) is 10.2 Å². The van der Waals surface area contributed by atoms with Crippen molar-refractivity contribution in [1.82, 2.24) is 29.1 Å². The van der Waals surface area contributed by atoms with Gasteiger partial charge in [0, 0.05) is 80.7 Å². The number of thiophene rings is 1. The number of nitrogens with zero attached hydrogens (tertiary/aromatic N) is 7. The van der Waals surface area contributed by atoms with Gasteiger partial charge in [0.05, 0.1) is 19.4 Å². The minimum atomic E-state index is -3.12. The zero-order valence-corrected chi connectivity index (χ0v) is 20.8. The Morgan fingerprint density at radius 1 is 1.12 bits per heavy atom. The van der Waals surface area contributed by atoms with Gasteiger partial charge in [-0.25, -0.2) is 28.4 Å². The number of aromatic nitrogens is 4. The number of sulfonamides is 1. The summed E-state index contributed by atoms with van der Waals surface area (Å²) in [7, 11) is -1.33. The van der Waals surface area contributed by atoms with Crippen LogP contribution in [0, 0.1) is 0 Å². The summed E-state index contributed by atoms with van der Waals surface area (Å²) in [6.45, 7) is 5.25. The minimum Gasteiger partial charge on any atom is -0.370 e. The SMILES string of the molecule is CNc1ncc(C2CN(c3ncc4cc(CN5CCN(S(C)(=O)=O)CC5)sc4n3)CCO2)cn1. The highest BCUT2D eigenvalue weighted by molar-refractivity contribution is 7.88. The van der Waals surface area contributed by atoms with Crippen LogP contribution in [-0.4, -0.2) is 96.7 Å². The van der Waals surface area contributed by atoms with Crippen molar-refractivity contribution in [2.24, 2.45) is 0 Å². The van der Waals surface area contributed by atoms with Gasteiger partial charge in [0.15, 0.2) is 0 Å². The Morgan fingerprint density at radius 2 is 1.88 bits per heavy atom. The Balaban J connectivity index is 1.25. The highest BCUT2D eigenvalue weighted by Gasteiger charge is 2.26.